The quantitative estimate of drug-likeness (QED) is 0.609. The Balaban J connectivity index is 3.53. The van der Waals surface area contributed by atoms with Crippen LogP contribution in [0.15, 0.2) is 24.3 Å². The fourth-order valence-corrected chi connectivity index (χ4v) is 0.639. The average molecular weight is 154 g/mol. The van der Waals surface area contributed by atoms with Gasteiger partial charge >= 0.3 is 0 Å². The summed E-state index contributed by atoms with van der Waals surface area (Å²) >= 11 is 0. The Hall–Kier alpha value is -0.890. The summed E-state index contributed by atoms with van der Waals surface area (Å²) in [5, 5.41) is 8.40. The van der Waals surface area contributed by atoms with Gasteiger partial charge in [-0.2, -0.15) is 0 Å². The standard InChI is InChI=1S/C9H14O2/c1-8(4-3-7-10)5-6-9(2)11/h3-4,10H,1,5-7H2,2H3/b4-3+. The summed E-state index contributed by atoms with van der Waals surface area (Å²) in [5.74, 6) is 0.170. The second-order valence-electron chi connectivity index (χ2n) is 2.45. The minimum absolute atomic E-state index is 0.0269. The van der Waals surface area contributed by atoms with Crippen molar-refractivity contribution in [3.63, 3.8) is 0 Å². The molecule has 2 heteroatoms. The maximum absolute atomic E-state index is 10.5. The molecule has 0 aromatic carbocycles. The van der Waals surface area contributed by atoms with Crippen molar-refractivity contribution in [1.82, 2.24) is 0 Å². The zero-order valence-corrected chi connectivity index (χ0v) is 6.84. The number of hydrogen-bond acceptors (Lipinski definition) is 2. The van der Waals surface area contributed by atoms with Crippen LogP contribution in [0.1, 0.15) is 19.8 Å². The highest BCUT2D eigenvalue weighted by Gasteiger charge is 1.93. The van der Waals surface area contributed by atoms with Crippen LogP contribution in [-0.2, 0) is 4.79 Å². The van der Waals surface area contributed by atoms with Crippen molar-refractivity contribution in [3.05, 3.63) is 24.3 Å². The number of allylic oxidation sites excluding steroid dienone is 2. The van der Waals surface area contributed by atoms with Crippen molar-refractivity contribution >= 4 is 5.78 Å². The Morgan fingerprint density at radius 3 is 2.64 bits per heavy atom. The molecule has 0 amide bonds. The summed E-state index contributed by atoms with van der Waals surface area (Å²) < 4.78 is 0. The second kappa shape index (κ2) is 5.86. The van der Waals surface area contributed by atoms with E-state index < -0.39 is 0 Å². The van der Waals surface area contributed by atoms with Gasteiger partial charge in [-0.3, -0.25) is 0 Å². The smallest absolute Gasteiger partial charge is 0.130 e. The van der Waals surface area contributed by atoms with Gasteiger partial charge in [-0.1, -0.05) is 24.3 Å². The second-order valence-corrected chi connectivity index (χ2v) is 2.45. The molecule has 11 heavy (non-hydrogen) atoms. The van der Waals surface area contributed by atoms with Gasteiger partial charge in [-0.25, -0.2) is 0 Å². The normalized spacial score (nSPS) is 10.4. The van der Waals surface area contributed by atoms with Crippen molar-refractivity contribution in [3.8, 4) is 0 Å². The van der Waals surface area contributed by atoms with Crippen LogP contribution in [-0.4, -0.2) is 17.5 Å². The van der Waals surface area contributed by atoms with Gasteiger partial charge in [0.15, 0.2) is 0 Å². The van der Waals surface area contributed by atoms with Crippen molar-refractivity contribution in [2.45, 2.75) is 19.8 Å². The van der Waals surface area contributed by atoms with Gasteiger partial charge in [0.25, 0.3) is 0 Å². The van der Waals surface area contributed by atoms with Crippen LogP contribution in [0, 0.1) is 0 Å². The summed E-state index contributed by atoms with van der Waals surface area (Å²) in [4.78, 5) is 10.5. The Labute approximate surface area is 67.2 Å². The Kier molecular flexibility index (Phi) is 5.39. The van der Waals surface area contributed by atoms with E-state index in [0.717, 1.165) is 5.57 Å². The van der Waals surface area contributed by atoms with E-state index in [1.807, 2.05) is 0 Å². The number of aliphatic hydroxyl groups is 1. The van der Waals surface area contributed by atoms with Crippen LogP contribution in [0.5, 0.6) is 0 Å². The Morgan fingerprint density at radius 1 is 1.55 bits per heavy atom. The molecule has 62 valence electrons. The van der Waals surface area contributed by atoms with Crippen molar-refractivity contribution in [2.24, 2.45) is 0 Å². The van der Waals surface area contributed by atoms with Crippen molar-refractivity contribution < 1.29 is 9.90 Å². The molecule has 0 saturated carbocycles. The van der Waals surface area contributed by atoms with E-state index in [9.17, 15) is 4.79 Å². The molecule has 0 aliphatic rings. The van der Waals surface area contributed by atoms with E-state index in [1.54, 1.807) is 19.1 Å². The molecule has 0 atom stereocenters. The van der Waals surface area contributed by atoms with E-state index >= 15 is 0 Å². The van der Waals surface area contributed by atoms with Gasteiger partial charge in [0.2, 0.25) is 0 Å². The highest BCUT2D eigenvalue weighted by atomic mass is 16.2. The maximum Gasteiger partial charge on any atom is 0.130 e. The van der Waals surface area contributed by atoms with Crippen LogP contribution in [0.2, 0.25) is 0 Å². The first-order chi connectivity index (χ1) is 5.16. The van der Waals surface area contributed by atoms with Crippen LogP contribution in [0.4, 0.5) is 0 Å². The zero-order valence-electron chi connectivity index (χ0n) is 6.84. The van der Waals surface area contributed by atoms with Gasteiger partial charge in [0.1, 0.15) is 5.78 Å². The lowest BCUT2D eigenvalue weighted by atomic mass is 10.1. The molecule has 0 aromatic heterocycles. The predicted molar refractivity (Wildman–Crippen MR) is 45.3 cm³/mol. The fourth-order valence-electron chi connectivity index (χ4n) is 0.639. The molecular formula is C9H14O2. The molecule has 0 fully saturated rings. The van der Waals surface area contributed by atoms with Gasteiger partial charge in [-0.05, 0) is 13.3 Å². The molecule has 0 aliphatic heterocycles. The molecule has 1 N–H and O–H groups in total. The lowest BCUT2D eigenvalue weighted by molar-refractivity contribution is -0.116. The van der Waals surface area contributed by atoms with Crippen molar-refractivity contribution in [2.75, 3.05) is 6.61 Å². The zero-order chi connectivity index (χ0) is 8.69. The third-order valence-electron chi connectivity index (χ3n) is 1.26. The number of Topliss-reactive ketones (excluding diaryl/α,β-unsaturated/α-hetero) is 1. The largest absolute Gasteiger partial charge is 0.392 e. The summed E-state index contributed by atoms with van der Waals surface area (Å²) in [5.41, 5.74) is 0.884. The Bertz CT molecular complexity index is 168. The molecule has 0 aliphatic carbocycles. The minimum Gasteiger partial charge on any atom is -0.392 e. The topological polar surface area (TPSA) is 37.3 Å². The van der Waals surface area contributed by atoms with Crippen LogP contribution in [0.25, 0.3) is 0 Å². The summed E-state index contributed by atoms with van der Waals surface area (Å²) in [6.07, 6.45) is 4.58. The molecule has 0 rings (SSSR count). The molecule has 0 heterocycles. The predicted octanol–water partition coefficient (Wildman–Crippen LogP) is 1.46. The average Bonchev–Trinajstić information content (AvgIpc) is 1.97. The molecular weight excluding hydrogens is 140 g/mol. The number of ketones is 1. The van der Waals surface area contributed by atoms with Gasteiger partial charge in [-0.15, -0.1) is 0 Å². The van der Waals surface area contributed by atoms with Crippen LogP contribution < -0.4 is 0 Å². The molecule has 2 nitrogen and oxygen atoms in total. The molecule has 0 saturated heterocycles. The lowest BCUT2D eigenvalue weighted by Crippen LogP contribution is -1.89. The highest BCUT2D eigenvalue weighted by molar-refractivity contribution is 5.75. The van der Waals surface area contributed by atoms with Gasteiger partial charge in [0.05, 0.1) is 6.61 Å². The van der Waals surface area contributed by atoms with Crippen molar-refractivity contribution in [1.29, 1.82) is 0 Å². The van der Waals surface area contributed by atoms with Crippen LogP contribution >= 0.6 is 0 Å². The van der Waals surface area contributed by atoms with E-state index in [1.165, 1.54) is 0 Å². The first-order valence-electron chi connectivity index (χ1n) is 3.61. The maximum atomic E-state index is 10.5. The van der Waals surface area contributed by atoms with E-state index in [4.69, 9.17) is 5.11 Å². The first-order valence-corrected chi connectivity index (χ1v) is 3.61. The third kappa shape index (κ3) is 7.00. The highest BCUT2D eigenvalue weighted by Crippen LogP contribution is 2.03. The molecule has 0 radical (unpaired) electrons. The fraction of sp³-hybridized carbons (Fsp3) is 0.444. The number of carbonyl (C=O) groups excluding carboxylic acids is 1. The van der Waals surface area contributed by atoms with E-state index in [0.29, 0.717) is 12.8 Å². The lowest BCUT2D eigenvalue weighted by Gasteiger charge is -1.95. The minimum atomic E-state index is 0.0269. The summed E-state index contributed by atoms with van der Waals surface area (Å²) in [6.45, 7) is 5.30. The molecule has 0 unspecified atom stereocenters. The number of rotatable bonds is 5. The Morgan fingerprint density at radius 2 is 2.18 bits per heavy atom. The van der Waals surface area contributed by atoms with Gasteiger partial charge in [0, 0.05) is 6.42 Å². The van der Waals surface area contributed by atoms with Gasteiger partial charge < -0.3 is 9.90 Å². The SMILES string of the molecule is C=C(/C=C/CO)CCC(C)=O. The van der Waals surface area contributed by atoms with E-state index in [2.05, 4.69) is 6.58 Å². The third-order valence-corrected chi connectivity index (χ3v) is 1.26. The summed E-state index contributed by atoms with van der Waals surface area (Å²) in [6, 6.07) is 0. The molecule has 0 spiro atoms. The summed E-state index contributed by atoms with van der Waals surface area (Å²) in [7, 11) is 0. The number of carbonyl (C=O) groups is 1. The molecule has 0 bridgehead atoms. The number of aliphatic hydroxyl groups excluding tert-OH is 1. The number of hydrogen-bond donors (Lipinski definition) is 1. The monoisotopic (exact) mass is 154 g/mol. The van der Waals surface area contributed by atoms with E-state index in [-0.39, 0.29) is 12.4 Å². The van der Waals surface area contributed by atoms with Crippen LogP contribution in [0.3, 0.4) is 0 Å². The molecule has 0 aromatic rings. The first kappa shape index (κ1) is 10.1.